The van der Waals surface area contributed by atoms with Crippen LogP contribution in [0.5, 0.6) is 0 Å². The van der Waals surface area contributed by atoms with Gasteiger partial charge in [-0.1, -0.05) is 11.5 Å². The molecule has 1 aromatic rings. The average Bonchev–Trinajstić information content (AvgIpc) is 2.49. The van der Waals surface area contributed by atoms with Gasteiger partial charge in [-0.3, -0.25) is 4.84 Å². The Morgan fingerprint density at radius 2 is 2.46 bits per heavy atom. The highest BCUT2D eigenvalue weighted by Gasteiger charge is 2.22. The molecule has 1 aromatic heterocycles. The maximum absolute atomic E-state index is 6.03. The van der Waals surface area contributed by atoms with Crippen LogP contribution >= 0.6 is 11.3 Å². The standard InChI is InChI=1S/C8H13BN2OS/c1-8(10,5-12-11-2)7-3-6(9)4-13-7/h3-4,11H,5,10H2,1-2H3. The summed E-state index contributed by atoms with van der Waals surface area (Å²) in [5, 5.41) is 1.87. The van der Waals surface area contributed by atoms with Gasteiger partial charge in [0, 0.05) is 11.9 Å². The summed E-state index contributed by atoms with van der Waals surface area (Å²) in [4.78, 5) is 6.08. The molecule has 0 aliphatic heterocycles. The van der Waals surface area contributed by atoms with Crippen LogP contribution < -0.4 is 16.7 Å². The molecule has 0 spiro atoms. The number of thiophene rings is 1. The van der Waals surface area contributed by atoms with Crippen molar-refractivity contribution in [3.8, 4) is 0 Å². The first-order valence-corrected chi connectivity index (χ1v) is 4.86. The quantitative estimate of drug-likeness (QED) is 0.520. The van der Waals surface area contributed by atoms with Crippen molar-refractivity contribution in [2.24, 2.45) is 5.73 Å². The minimum atomic E-state index is -0.481. The monoisotopic (exact) mass is 196 g/mol. The van der Waals surface area contributed by atoms with Crippen molar-refractivity contribution in [3.63, 3.8) is 0 Å². The first-order valence-electron chi connectivity index (χ1n) is 3.98. The van der Waals surface area contributed by atoms with E-state index in [0.717, 1.165) is 10.3 Å². The van der Waals surface area contributed by atoms with E-state index in [1.807, 2.05) is 18.4 Å². The van der Waals surface area contributed by atoms with Crippen molar-refractivity contribution in [2.75, 3.05) is 13.7 Å². The van der Waals surface area contributed by atoms with E-state index in [1.165, 1.54) is 0 Å². The van der Waals surface area contributed by atoms with Crippen LogP contribution in [0.15, 0.2) is 11.4 Å². The van der Waals surface area contributed by atoms with Crippen LogP contribution in [0.25, 0.3) is 0 Å². The fourth-order valence-electron chi connectivity index (χ4n) is 0.944. The van der Waals surface area contributed by atoms with Gasteiger partial charge in [0.1, 0.15) is 7.85 Å². The van der Waals surface area contributed by atoms with Crippen molar-refractivity contribution >= 4 is 24.6 Å². The second-order valence-electron chi connectivity index (χ2n) is 3.15. The maximum atomic E-state index is 6.03. The summed E-state index contributed by atoms with van der Waals surface area (Å²) in [5.41, 5.74) is 8.89. The van der Waals surface area contributed by atoms with Gasteiger partial charge in [-0.15, -0.1) is 11.3 Å². The van der Waals surface area contributed by atoms with Crippen molar-refractivity contribution in [1.82, 2.24) is 5.48 Å². The van der Waals surface area contributed by atoms with Crippen molar-refractivity contribution in [3.05, 3.63) is 16.3 Å². The van der Waals surface area contributed by atoms with Gasteiger partial charge in [0.2, 0.25) is 0 Å². The topological polar surface area (TPSA) is 47.3 Å². The molecule has 1 heterocycles. The zero-order chi connectivity index (χ0) is 9.90. The molecule has 1 atom stereocenters. The highest BCUT2D eigenvalue weighted by molar-refractivity contribution is 7.11. The van der Waals surface area contributed by atoms with E-state index in [-0.39, 0.29) is 0 Å². The molecule has 0 amide bonds. The Bertz CT molecular complexity index is 275. The number of nitrogens with one attached hydrogen (secondary N) is 1. The molecule has 1 rings (SSSR count). The van der Waals surface area contributed by atoms with Crippen LogP contribution in [0.2, 0.25) is 0 Å². The first kappa shape index (κ1) is 10.7. The van der Waals surface area contributed by atoms with Gasteiger partial charge in [0.15, 0.2) is 0 Å². The third kappa shape index (κ3) is 2.81. The SMILES string of the molecule is [B]c1csc(C(C)(N)CONC)c1. The highest BCUT2D eigenvalue weighted by atomic mass is 32.1. The summed E-state index contributed by atoms with van der Waals surface area (Å²) < 4.78 is 0. The lowest BCUT2D eigenvalue weighted by atomic mass is 9.96. The van der Waals surface area contributed by atoms with Crippen molar-refractivity contribution < 1.29 is 4.84 Å². The molecule has 3 nitrogen and oxygen atoms in total. The van der Waals surface area contributed by atoms with Crippen LogP contribution in [0, 0.1) is 0 Å². The summed E-state index contributed by atoms with van der Waals surface area (Å²) in [5.74, 6) is 0. The number of nitrogens with two attached hydrogens (primary N) is 1. The molecule has 0 saturated heterocycles. The number of hydrogen-bond acceptors (Lipinski definition) is 4. The molecule has 13 heavy (non-hydrogen) atoms. The fraction of sp³-hybridized carbons (Fsp3) is 0.500. The predicted molar refractivity (Wildman–Crippen MR) is 56.3 cm³/mol. The summed E-state index contributed by atoms with van der Waals surface area (Å²) >= 11 is 1.55. The lowest BCUT2D eigenvalue weighted by Crippen LogP contribution is -2.39. The summed E-state index contributed by atoms with van der Waals surface area (Å²) in [6, 6.07) is 1.88. The second kappa shape index (κ2) is 4.24. The molecule has 70 valence electrons. The third-order valence-electron chi connectivity index (χ3n) is 1.70. The molecule has 2 radical (unpaired) electrons. The Morgan fingerprint density at radius 1 is 1.77 bits per heavy atom. The highest BCUT2D eigenvalue weighted by Crippen LogP contribution is 2.21. The first-order chi connectivity index (χ1) is 6.06. The van der Waals surface area contributed by atoms with Crippen LogP contribution in [0.1, 0.15) is 11.8 Å². The molecule has 0 aromatic carbocycles. The zero-order valence-electron chi connectivity index (χ0n) is 7.83. The van der Waals surface area contributed by atoms with Crippen molar-refractivity contribution in [1.29, 1.82) is 0 Å². The minimum Gasteiger partial charge on any atom is -0.319 e. The van der Waals surface area contributed by atoms with E-state index in [2.05, 4.69) is 5.48 Å². The van der Waals surface area contributed by atoms with Crippen molar-refractivity contribution in [2.45, 2.75) is 12.5 Å². The maximum Gasteiger partial charge on any atom is 0.114 e. The van der Waals surface area contributed by atoms with Gasteiger partial charge >= 0.3 is 0 Å². The van der Waals surface area contributed by atoms with E-state index in [9.17, 15) is 0 Å². The molecule has 3 N–H and O–H groups in total. The van der Waals surface area contributed by atoms with E-state index >= 15 is 0 Å². The fourth-order valence-corrected chi connectivity index (χ4v) is 1.81. The molecule has 1 unspecified atom stereocenters. The van der Waals surface area contributed by atoms with Gasteiger partial charge in [0.25, 0.3) is 0 Å². The Labute approximate surface area is 83.6 Å². The molecular formula is C8H13BN2OS. The Hall–Kier alpha value is -0.355. The van der Waals surface area contributed by atoms with E-state index in [0.29, 0.717) is 6.61 Å². The van der Waals surface area contributed by atoms with E-state index in [4.69, 9.17) is 18.4 Å². The van der Waals surface area contributed by atoms with Gasteiger partial charge in [-0.05, 0) is 12.3 Å². The Balaban J connectivity index is 2.68. The van der Waals surface area contributed by atoms with E-state index in [1.54, 1.807) is 18.4 Å². The normalized spacial score (nSPS) is 15.6. The third-order valence-corrected chi connectivity index (χ3v) is 2.93. The predicted octanol–water partition coefficient (Wildman–Crippen LogP) is -0.133. The molecule has 0 saturated carbocycles. The van der Waals surface area contributed by atoms with Crippen LogP contribution in [0.4, 0.5) is 0 Å². The molecular weight excluding hydrogens is 183 g/mol. The molecule has 0 aliphatic rings. The lowest BCUT2D eigenvalue weighted by molar-refractivity contribution is 0.0258. The van der Waals surface area contributed by atoms with Crippen LogP contribution in [-0.4, -0.2) is 21.5 Å². The summed E-state index contributed by atoms with van der Waals surface area (Å²) in [7, 11) is 7.31. The number of hydroxylamine groups is 1. The largest absolute Gasteiger partial charge is 0.319 e. The number of hydrogen-bond donors (Lipinski definition) is 2. The Morgan fingerprint density at radius 3 is 2.92 bits per heavy atom. The molecule has 0 fully saturated rings. The van der Waals surface area contributed by atoms with Gasteiger partial charge in [-0.25, -0.2) is 5.48 Å². The van der Waals surface area contributed by atoms with Gasteiger partial charge in [0.05, 0.1) is 12.1 Å². The van der Waals surface area contributed by atoms with Gasteiger partial charge < -0.3 is 5.73 Å². The molecule has 0 bridgehead atoms. The van der Waals surface area contributed by atoms with Crippen LogP contribution in [0.3, 0.4) is 0 Å². The Kier molecular flexibility index (Phi) is 3.50. The smallest absolute Gasteiger partial charge is 0.114 e. The van der Waals surface area contributed by atoms with Crippen LogP contribution in [-0.2, 0) is 10.4 Å². The average molecular weight is 196 g/mol. The summed E-state index contributed by atoms with van der Waals surface area (Å²) in [6.07, 6.45) is 0. The molecule has 5 heteroatoms. The minimum absolute atomic E-state index is 0.420. The number of rotatable bonds is 4. The van der Waals surface area contributed by atoms with Gasteiger partial charge in [-0.2, -0.15) is 0 Å². The summed E-state index contributed by atoms with van der Waals surface area (Å²) in [6.45, 7) is 2.33. The lowest BCUT2D eigenvalue weighted by Gasteiger charge is -2.22. The van der Waals surface area contributed by atoms with E-state index < -0.39 is 5.54 Å². The molecule has 0 aliphatic carbocycles. The zero-order valence-corrected chi connectivity index (χ0v) is 8.65. The second-order valence-corrected chi connectivity index (χ2v) is 4.07.